The first-order valence-electron chi connectivity index (χ1n) is 6.71. The predicted octanol–water partition coefficient (Wildman–Crippen LogP) is 1.93. The maximum Gasteiger partial charge on any atom is 0.317 e. The van der Waals surface area contributed by atoms with E-state index in [1.165, 1.54) is 19.3 Å². The van der Waals surface area contributed by atoms with E-state index in [0.29, 0.717) is 24.8 Å². The summed E-state index contributed by atoms with van der Waals surface area (Å²) in [7, 11) is 1.70. The third kappa shape index (κ3) is 4.94. The molecule has 2 amide bonds. The molecule has 1 saturated carbocycles. The summed E-state index contributed by atoms with van der Waals surface area (Å²) in [5.74, 6) is 0.479. The Bertz CT molecular complexity index is 294. The molecule has 2 unspecified atom stereocenters. The van der Waals surface area contributed by atoms with Crippen LogP contribution in [0.1, 0.15) is 39.0 Å². The van der Waals surface area contributed by atoms with Crippen molar-refractivity contribution in [1.29, 1.82) is 0 Å². The minimum Gasteiger partial charge on any atom is -0.481 e. The highest BCUT2D eigenvalue weighted by molar-refractivity contribution is 5.73. The smallest absolute Gasteiger partial charge is 0.317 e. The zero-order valence-electron chi connectivity index (χ0n) is 11.3. The van der Waals surface area contributed by atoms with Crippen molar-refractivity contribution < 1.29 is 14.7 Å². The Balaban J connectivity index is 2.17. The summed E-state index contributed by atoms with van der Waals surface area (Å²) in [6.07, 6.45) is 4.33. The molecule has 0 aromatic heterocycles. The van der Waals surface area contributed by atoms with Crippen LogP contribution in [0.25, 0.3) is 0 Å². The SMILES string of the molecule is CC1CCCC1CNC(=O)N(C)CCCC(=O)O. The van der Waals surface area contributed by atoms with Crippen molar-refractivity contribution >= 4 is 12.0 Å². The van der Waals surface area contributed by atoms with E-state index in [-0.39, 0.29) is 12.5 Å². The number of rotatable bonds is 6. The maximum absolute atomic E-state index is 11.7. The van der Waals surface area contributed by atoms with Gasteiger partial charge in [0.15, 0.2) is 0 Å². The number of carboxylic acid groups (broad SMARTS) is 1. The summed E-state index contributed by atoms with van der Waals surface area (Å²) >= 11 is 0. The lowest BCUT2D eigenvalue weighted by molar-refractivity contribution is -0.137. The van der Waals surface area contributed by atoms with Gasteiger partial charge in [-0.25, -0.2) is 4.79 Å². The third-order valence-corrected chi connectivity index (χ3v) is 3.79. The number of carbonyl (C=O) groups excluding carboxylic acids is 1. The molecular formula is C13H24N2O3. The van der Waals surface area contributed by atoms with Crippen molar-refractivity contribution in [2.24, 2.45) is 11.8 Å². The standard InChI is InChI=1S/C13H24N2O3/c1-10-5-3-6-11(10)9-14-13(18)15(2)8-4-7-12(16)17/h10-11H,3-9H2,1-2H3,(H,14,18)(H,16,17). The maximum atomic E-state index is 11.7. The van der Waals surface area contributed by atoms with Crippen molar-refractivity contribution in [2.75, 3.05) is 20.1 Å². The quantitative estimate of drug-likeness (QED) is 0.763. The van der Waals surface area contributed by atoms with Crippen molar-refractivity contribution in [3.8, 4) is 0 Å². The summed E-state index contributed by atoms with van der Waals surface area (Å²) in [6.45, 7) is 3.46. The largest absolute Gasteiger partial charge is 0.481 e. The summed E-state index contributed by atoms with van der Waals surface area (Å²) < 4.78 is 0. The molecule has 0 heterocycles. The Kier molecular flexibility index (Phi) is 5.95. The lowest BCUT2D eigenvalue weighted by atomic mass is 9.98. The second-order valence-corrected chi connectivity index (χ2v) is 5.27. The average molecular weight is 256 g/mol. The number of hydrogen-bond donors (Lipinski definition) is 2. The number of carboxylic acids is 1. The first-order valence-corrected chi connectivity index (χ1v) is 6.71. The molecule has 0 radical (unpaired) electrons. The number of carbonyl (C=O) groups is 2. The van der Waals surface area contributed by atoms with E-state index in [4.69, 9.17) is 5.11 Å². The van der Waals surface area contributed by atoms with E-state index >= 15 is 0 Å². The van der Waals surface area contributed by atoms with Crippen molar-refractivity contribution in [3.05, 3.63) is 0 Å². The van der Waals surface area contributed by atoms with E-state index in [9.17, 15) is 9.59 Å². The second-order valence-electron chi connectivity index (χ2n) is 5.27. The lowest BCUT2D eigenvalue weighted by Crippen LogP contribution is -2.40. The number of nitrogens with zero attached hydrogens (tertiary/aromatic N) is 1. The van der Waals surface area contributed by atoms with Crippen LogP contribution in [0.4, 0.5) is 4.79 Å². The average Bonchev–Trinajstić information content (AvgIpc) is 2.71. The van der Waals surface area contributed by atoms with E-state index in [1.54, 1.807) is 11.9 Å². The fraction of sp³-hybridized carbons (Fsp3) is 0.846. The zero-order valence-corrected chi connectivity index (χ0v) is 11.3. The molecule has 0 aliphatic heterocycles. The van der Waals surface area contributed by atoms with Gasteiger partial charge in [-0.2, -0.15) is 0 Å². The molecule has 104 valence electrons. The van der Waals surface area contributed by atoms with Crippen molar-refractivity contribution in [2.45, 2.75) is 39.0 Å². The van der Waals surface area contributed by atoms with Gasteiger partial charge in [-0.15, -0.1) is 0 Å². The summed E-state index contributed by atoms with van der Waals surface area (Å²) in [5.41, 5.74) is 0. The van der Waals surface area contributed by atoms with Crippen LogP contribution in [-0.4, -0.2) is 42.1 Å². The van der Waals surface area contributed by atoms with E-state index < -0.39 is 5.97 Å². The Hall–Kier alpha value is -1.26. The lowest BCUT2D eigenvalue weighted by Gasteiger charge is -2.21. The van der Waals surface area contributed by atoms with Crippen LogP contribution in [-0.2, 0) is 4.79 Å². The van der Waals surface area contributed by atoms with Gasteiger partial charge in [0.25, 0.3) is 0 Å². The Morgan fingerprint density at radius 3 is 2.67 bits per heavy atom. The summed E-state index contributed by atoms with van der Waals surface area (Å²) in [4.78, 5) is 23.7. The highest BCUT2D eigenvalue weighted by Crippen LogP contribution is 2.30. The molecule has 5 nitrogen and oxygen atoms in total. The van der Waals surface area contributed by atoms with Crippen LogP contribution in [0.15, 0.2) is 0 Å². The molecule has 0 bridgehead atoms. The predicted molar refractivity (Wildman–Crippen MR) is 69.4 cm³/mol. The van der Waals surface area contributed by atoms with Gasteiger partial charge in [0.2, 0.25) is 0 Å². The number of hydrogen-bond acceptors (Lipinski definition) is 2. The van der Waals surface area contributed by atoms with Crippen LogP contribution in [0.2, 0.25) is 0 Å². The summed E-state index contributed by atoms with van der Waals surface area (Å²) in [5, 5.41) is 11.5. The molecule has 0 spiro atoms. The van der Waals surface area contributed by atoms with E-state index in [2.05, 4.69) is 12.2 Å². The topological polar surface area (TPSA) is 69.6 Å². The molecule has 0 saturated heterocycles. The van der Waals surface area contributed by atoms with Gasteiger partial charge in [0.05, 0.1) is 0 Å². The van der Waals surface area contributed by atoms with Gasteiger partial charge in [0.1, 0.15) is 0 Å². The molecule has 2 N–H and O–H groups in total. The van der Waals surface area contributed by atoms with Crippen LogP contribution >= 0.6 is 0 Å². The van der Waals surface area contributed by atoms with Gasteiger partial charge in [-0.1, -0.05) is 19.8 Å². The van der Waals surface area contributed by atoms with Gasteiger partial charge in [-0.3, -0.25) is 4.79 Å². The fourth-order valence-corrected chi connectivity index (χ4v) is 2.45. The van der Waals surface area contributed by atoms with Crippen molar-refractivity contribution in [1.82, 2.24) is 10.2 Å². The molecule has 0 aromatic carbocycles. The van der Waals surface area contributed by atoms with E-state index in [1.807, 2.05) is 0 Å². The fourth-order valence-electron chi connectivity index (χ4n) is 2.45. The molecule has 1 rings (SSSR count). The van der Waals surface area contributed by atoms with Gasteiger partial charge in [-0.05, 0) is 24.7 Å². The van der Waals surface area contributed by atoms with Crippen LogP contribution < -0.4 is 5.32 Å². The van der Waals surface area contributed by atoms with Crippen molar-refractivity contribution in [3.63, 3.8) is 0 Å². The second kappa shape index (κ2) is 7.24. The molecule has 1 fully saturated rings. The first kappa shape index (κ1) is 14.8. The molecule has 2 atom stereocenters. The highest BCUT2D eigenvalue weighted by atomic mass is 16.4. The molecule has 0 aromatic rings. The molecule has 1 aliphatic rings. The molecular weight excluding hydrogens is 232 g/mol. The number of nitrogens with one attached hydrogen (secondary N) is 1. The van der Waals surface area contributed by atoms with Crippen LogP contribution in [0, 0.1) is 11.8 Å². The normalized spacial score (nSPS) is 22.8. The molecule has 18 heavy (non-hydrogen) atoms. The van der Waals surface area contributed by atoms with Crippen LogP contribution in [0.5, 0.6) is 0 Å². The zero-order chi connectivity index (χ0) is 13.5. The third-order valence-electron chi connectivity index (χ3n) is 3.79. The number of urea groups is 1. The Morgan fingerprint density at radius 1 is 1.39 bits per heavy atom. The first-order chi connectivity index (χ1) is 8.50. The Morgan fingerprint density at radius 2 is 2.11 bits per heavy atom. The minimum atomic E-state index is -0.816. The number of amides is 2. The van der Waals surface area contributed by atoms with Gasteiger partial charge in [0, 0.05) is 26.6 Å². The van der Waals surface area contributed by atoms with E-state index in [0.717, 1.165) is 6.54 Å². The minimum absolute atomic E-state index is 0.0977. The van der Waals surface area contributed by atoms with Gasteiger partial charge >= 0.3 is 12.0 Å². The van der Waals surface area contributed by atoms with Crippen LogP contribution in [0.3, 0.4) is 0 Å². The summed E-state index contributed by atoms with van der Waals surface area (Å²) in [6, 6.07) is -0.0977. The molecule has 5 heteroatoms. The van der Waals surface area contributed by atoms with Gasteiger partial charge < -0.3 is 15.3 Å². The number of aliphatic carboxylic acids is 1. The highest BCUT2D eigenvalue weighted by Gasteiger charge is 2.23. The monoisotopic (exact) mass is 256 g/mol. The molecule has 1 aliphatic carbocycles. The Labute approximate surface area is 109 Å².